The van der Waals surface area contributed by atoms with Gasteiger partial charge in [0.15, 0.2) is 0 Å². The summed E-state index contributed by atoms with van der Waals surface area (Å²) in [5.41, 5.74) is 1.51. The number of hydrogen-bond acceptors (Lipinski definition) is 3. The zero-order valence-corrected chi connectivity index (χ0v) is 11.7. The Balaban J connectivity index is 1.69. The van der Waals surface area contributed by atoms with Crippen LogP contribution in [0.25, 0.3) is 6.08 Å². The summed E-state index contributed by atoms with van der Waals surface area (Å²) in [6.07, 6.45) is 10.2. The molecule has 4 fully saturated rings. The molecular weight excluding hydrogens is 254 g/mol. The molecule has 5 rings (SSSR count). The Morgan fingerprint density at radius 1 is 1.25 bits per heavy atom. The van der Waals surface area contributed by atoms with E-state index in [1.807, 2.05) is 0 Å². The molecule has 0 radical (unpaired) electrons. The molecule has 0 spiro atoms. The van der Waals surface area contributed by atoms with Gasteiger partial charge in [-0.1, -0.05) is 5.57 Å². The van der Waals surface area contributed by atoms with Crippen molar-refractivity contribution in [2.75, 3.05) is 0 Å². The van der Waals surface area contributed by atoms with Gasteiger partial charge in [-0.15, -0.1) is 0 Å². The number of nitrogens with zero attached hydrogens (tertiary/aromatic N) is 3. The Bertz CT molecular complexity index is 572. The van der Waals surface area contributed by atoms with E-state index in [2.05, 4.69) is 11.1 Å². The number of allylic oxidation sites excluding steroid dienone is 1. The van der Waals surface area contributed by atoms with Crippen LogP contribution in [0.5, 0.6) is 0 Å². The molecular formula is C15H19N3O2. The third-order valence-electron chi connectivity index (χ3n) is 5.56. The first-order chi connectivity index (χ1) is 9.61. The maximum Gasteiger partial charge on any atom is 0.342 e. The average molecular weight is 273 g/mol. The van der Waals surface area contributed by atoms with Crippen molar-refractivity contribution < 1.29 is 4.92 Å². The smallest absolute Gasteiger partial charge is 0.342 e. The lowest BCUT2D eigenvalue weighted by molar-refractivity contribution is -0.391. The van der Waals surface area contributed by atoms with Gasteiger partial charge < -0.3 is 10.1 Å². The summed E-state index contributed by atoms with van der Waals surface area (Å²) in [5, 5.41) is 10.9. The van der Waals surface area contributed by atoms with Crippen LogP contribution in [0, 0.1) is 33.8 Å². The predicted molar refractivity (Wildman–Crippen MR) is 74.9 cm³/mol. The van der Waals surface area contributed by atoms with E-state index in [0.29, 0.717) is 11.8 Å². The zero-order chi connectivity index (χ0) is 13.9. The Kier molecular flexibility index (Phi) is 2.53. The third kappa shape index (κ3) is 1.72. The first-order valence-corrected chi connectivity index (χ1v) is 7.49. The van der Waals surface area contributed by atoms with Gasteiger partial charge in [0.2, 0.25) is 5.82 Å². The van der Waals surface area contributed by atoms with Crippen LogP contribution in [-0.4, -0.2) is 14.5 Å². The molecule has 1 aromatic rings. The van der Waals surface area contributed by atoms with Crippen molar-refractivity contribution in [3.8, 4) is 0 Å². The summed E-state index contributed by atoms with van der Waals surface area (Å²) in [5.74, 6) is 4.10. The van der Waals surface area contributed by atoms with Crippen molar-refractivity contribution in [3.63, 3.8) is 0 Å². The molecule has 0 aromatic carbocycles. The molecule has 0 unspecified atom stereocenters. The van der Waals surface area contributed by atoms with E-state index in [1.165, 1.54) is 43.9 Å². The van der Waals surface area contributed by atoms with Gasteiger partial charge in [0, 0.05) is 6.08 Å². The van der Waals surface area contributed by atoms with Crippen LogP contribution in [0.3, 0.4) is 0 Å². The summed E-state index contributed by atoms with van der Waals surface area (Å²) in [4.78, 5) is 14.8. The number of aromatic nitrogens is 2. The monoisotopic (exact) mass is 273 g/mol. The fraction of sp³-hybridized carbons (Fsp3) is 0.667. The molecule has 0 saturated heterocycles. The molecule has 0 amide bonds. The standard InChI is InChI=1S/C15H19N3O2/c1-17-14(16-8-15(17)18(19)20)7-13-11-3-9-2-10(5-11)6-12(13)4-9/h7-12H,2-6H2,1H3. The van der Waals surface area contributed by atoms with E-state index in [4.69, 9.17) is 0 Å². The third-order valence-corrected chi connectivity index (χ3v) is 5.56. The molecule has 0 aliphatic heterocycles. The molecule has 1 heterocycles. The van der Waals surface area contributed by atoms with Crippen LogP contribution in [0.2, 0.25) is 0 Å². The van der Waals surface area contributed by atoms with Gasteiger partial charge in [0.25, 0.3) is 0 Å². The van der Waals surface area contributed by atoms with Gasteiger partial charge in [-0.05, 0) is 60.7 Å². The number of rotatable bonds is 2. The van der Waals surface area contributed by atoms with E-state index in [-0.39, 0.29) is 10.7 Å². The fourth-order valence-electron chi connectivity index (χ4n) is 4.83. The minimum Gasteiger partial charge on any atom is -0.358 e. The highest BCUT2D eigenvalue weighted by atomic mass is 16.6. The second kappa shape index (κ2) is 4.17. The molecule has 5 nitrogen and oxygen atoms in total. The minimum absolute atomic E-state index is 0.0701. The molecule has 4 aliphatic carbocycles. The van der Waals surface area contributed by atoms with Crippen molar-refractivity contribution >= 4 is 11.9 Å². The fourth-order valence-corrected chi connectivity index (χ4v) is 4.83. The maximum absolute atomic E-state index is 10.9. The van der Waals surface area contributed by atoms with Crippen LogP contribution < -0.4 is 0 Å². The molecule has 4 aliphatic rings. The lowest BCUT2D eigenvalue weighted by atomic mass is 9.54. The molecule has 1 aromatic heterocycles. The van der Waals surface area contributed by atoms with E-state index in [0.717, 1.165) is 17.7 Å². The molecule has 106 valence electrons. The quantitative estimate of drug-likeness (QED) is 0.614. The van der Waals surface area contributed by atoms with Crippen molar-refractivity contribution in [1.82, 2.24) is 9.55 Å². The van der Waals surface area contributed by atoms with Crippen LogP contribution in [0.1, 0.15) is 37.9 Å². The Labute approximate surface area is 117 Å². The zero-order valence-electron chi connectivity index (χ0n) is 11.7. The Morgan fingerprint density at radius 2 is 1.85 bits per heavy atom. The summed E-state index contributed by atoms with van der Waals surface area (Å²) in [6, 6.07) is 0. The van der Waals surface area contributed by atoms with Crippen LogP contribution in [0.15, 0.2) is 11.8 Å². The molecule has 4 bridgehead atoms. The van der Waals surface area contributed by atoms with Crippen LogP contribution in [0.4, 0.5) is 5.82 Å². The minimum atomic E-state index is -0.369. The van der Waals surface area contributed by atoms with Gasteiger partial charge in [0.05, 0.1) is 7.05 Å². The first kappa shape index (κ1) is 12.1. The molecule has 4 saturated carbocycles. The number of hydrogen-bond donors (Lipinski definition) is 0. The van der Waals surface area contributed by atoms with E-state index >= 15 is 0 Å². The average Bonchev–Trinajstić information content (AvgIpc) is 2.74. The van der Waals surface area contributed by atoms with Crippen LogP contribution in [-0.2, 0) is 7.05 Å². The van der Waals surface area contributed by atoms with Gasteiger partial charge in [-0.2, -0.15) is 0 Å². The van der Waals surface area contributed by atoms with Gasteiger partial charge >= 0.3 is 5.82 Å². The normalized spacial score (nSPS) is 34.5. The highest BCUT2D eigenvalue weighted by molar-refractivity contribution is 5.51. The molecule has 0 N–H and O–H groups in total. The summed E-state index contributed by atoms with van der Waals surface area (Å²) < 4.78 is 1.60. The summed E-state index contributed by atoms with van der Waals surface area (Å²) in [7, 11) is 1.73. The topological polar surface area (TPSA) is 61.0 Å². The van der Waals surface area contributed by atoms with Crippen LogP contribution >= 0.6 is 0 Å². The second-order valence-corrected chi connectivity index (χ2v) is 6.74. The van der Waals surface area contributed by atoms with E-state index < -0.39 is 0 Å². The van der Waals surface area contributed by atoms with Gasteiger partial charge in [-0.3, -0.25) is 0 Å². The lowest BCUT2D eigenvalue weighted by Gasteiger charge is -2.51. The largest absolute Gasteiger partial charge is 0.358 e. The summed E-state index contributed by atoms with van der Waals surface area (Å²) in [6.45, 7) is 0. The molecule has 0 atom stereocenters. The molecule has 20 heavy (non-hydrogen) atoms. The highest BCUT2D eigenvalue weighted by Gasteiger charge is 2.45. The van der Waals surface area contributed by atoms with Crippen molar-refractivity contribution in [1.29, 1.82) is 0 Å². The van der Waals surface area contributed by atoms with E-state index in [1.54, 1.807) is 11.6 Å². The maximum atomic E-state index is 10.9. The first-order valence-electron chi connectivity index (χ1n) is 7.49. The van der Waals surface area contributed by atoms with Crippen molar-refractivity contribution in [2.24, 2.45) is 30.7 Å². The number of imidazole rings is 1. The number of nitro groups is 1. The Morgan fingerprint density at radius 3 is 2.35 bits per heavy atom. The lowest BCUT2D eigenvalue weighted by Crippen LogP contribution is -2.40. The van der Waals surface area contributed by atoms with Crippen molar-refractivity contribution in [2.45, 2.75) is 32.1 Å². The second-order valence-electron chi connectivity index (χ2n) is 6.74. The van der Waals surface area contributed by atoms with Gasteiger partial charge in [0.1, 0.15) is 6.20 Å². The SMILES string of the molecule is Cn1c([N+](=O)[O-])cnc1C=C1C2CC3CC(C2)CC1C3. The van der Waals surface area contributed by atoms with Gasteiger partial charge in [-0.25, -0.2) is 9.55 Å². The van der Waals surface area contributed by atoms with E-state index in [9.17, 15) is 10.1 Å². The predicted octanol–water partition coefficient (Wildman–Crippen LogP) is 3.17. The van der Waals surface area contributed by atoms with Crippen molar-refractivity contribution in [3.05, 3.63) is 27.7 Å². The summed E-state index contributed by atoms with van der Waals surface area (Å²) >= 11 is 0. The molecule has 5 heteroatoms. The Hall–Kier alpha value is -1.65. The highest BCUT2D eigenvalue weighted by Crippen LogP contribution is 2.56.